The fourth-order valence-corrected chi connectivity index (χ4v) is 2.54. The molecule has 0 fully saturated rings. The van der Waals surface area contributed by atoms with Gasteiger partial charge in [0.1, 0.15) is 16.8 Å². The van der Waals surface area contributed by atoms with E-state index in [1.807, 2.05) is 37.1 Å². The molecule has 0 spiro atoms. The third kappa shape index (κ3) is 18.9. The SMILES string of the molecule is OP(O)[C@@H]1C=CC[CH-]1.OP(O)[C@H]1C=CC[CH-]1.[Ar].[Ar].[Ar].[Ar].[Fe+2]. The minimum Gasteiger partial charge on any atom is -0.351 e. The van der Waals surface area contributed by atoms with Gasteiger partial charge < -0.3 is 32.4 Å². The van der Waals surface area contributed by atoms with Crippen LogP contribution in [0.15, 0.2) is 24.3 Å². The van der Waals surface area contributed by atoms with E-state index in [1.54, 1.807) is 0 Å². The first-order valence-electron chi connectivity index (χ1n) is 4.95. The Hall–Kier alpha value is 5.74. The van der Waals surface area contributed by atoms with Crippen LogP contribution in [-0.2, 0) is 17.1 Å². The molecular weight excluding hydrogens is 462 g/mol. The maximum atomic E-state index is 8.59. The van der Waals surface area contributed by atoms with Crippen molar-refractivity contribution in [3.8, 4) is 0 Å². The average Bonchev–Trinajstić information content (AvgIpc) is 2.93. The largest absolute Gasteiger partial charge is 2.00 e. The van der Waals surface area contributed by atoms with E-state index in [0.717, 1.165) is 12.8 Å². The van der Waals surface area contributed by atoms with Gasteiger partial charge in [0.15, 0.2) is 0 Å². The van der Waals surface area contributed by atoms with Crippen molar-refractivity contribution < 1.29 is 188 Å². The average molecular weight is 478 g/mol. The molecule has 0 unspecified atom stereocenters. The molecule has 0 aliphatic heterocycles. The predicted molar refractivity (Wildman–Crippen MR) is 66.4 cm³/mol. The summed E-state index contributed by atoms with van der Waals surface area (Å²) < 4.78 is 0. The van der Waals surface area contributed by atoms with Gasteiger partial charge in [0.2, 0.25) is 0 Å². The summed E-state index contributed by atoms with van der Waals surface area (Å²) in [6, 6.07) is 0. The molecule has 21 heavy (non-hydrogen) atoms. The monoisotopic (exact) mass is 478 g/mol. The Kier molecular flexibility index (Phi) is 42.4. The Morgan fingerprint density at radius 1 is 0.714 bits per heavy atom. The zero-order valence-corrected chi connectivity index (χ0v) is 16.2. The summed E-state index contributed by atoms with van der Waals surface area (Å²) in [6.45, 7) is 0. The van der Waals surface area contributed by atoms with Gasteiger partial charge >= 0.3 is 17.1 Å². The zero-order valence-electron chi connectivity index (χ0n) is 10.5. The van der Waals surface area contributed by atoms with Crippen LogP contribution in [0.5, 0.6) is 0 Å². The van der Waals surface area contributed by atoms with E-state index in [-0.39, 0.29) is 179 Å². The number of rotatable bonds is 2. The van der Waals surface area contributed by atoms with Crippen molar-refractivity contribution in [1.82, 2.24) is 0 Å². The summed E-state index contributed by atoms with van der Waals surface area (Å²) >= 11 is 0. The minimum atomic E-state index is -1.74. The van der Waals surface area contributed by atoms with E-state index < -0.39 is 16.8 Å². The normalized spacial score (nSPS) is 21.0. The van der Waals surface area contributed by atoms with Crippen molar-refractivity contribution >= 4 is 16.8 Å². The fraction of sp³-hybridized carbons (Fsp3) is 0.400. The van der Waals surface area contributed by atoms with Crippen LogP contribution in [0.2, 0.25) is 0 Å². The summed E-state index contributed by atoms with van der Waals surface area (Å²) in [5.74, 6) is 0. The topological polar surface area (TPSA) is 80.9 Å². The molecule has 0 saturated carbocycles. The Morgan fingerprint density at radius 3 is 1.10 bits per heavy atom. The molecule has 0 saturated heterocycles. The van der Waals surface area contributed by atoms with Crippen molar-refractivity contribution in [2.45, 2.75) is 24.2 Å². The van der Waals surface area contributed by atoms with Crippen molar-refractivity contribution in [3.63, 3.8) is 0 Å². The van der Waals surface area contributed by atoms with Crippen molar-refractivity contribution in [2.24, 2.45) is 0 Å². The Morgan fingerprint density at radius 2 is 1.00 bits per heavy atom. The van der Waals surface area contributed by atoms with E-state index >= 15 is 0 Å². The molecular formula is C10H16Ar4FeO4P2. The van der Waals surface area contributed by atoms with Crippen molar-refractivity contribution in [1.29, 1.82) is 0 Å². The minimum absolute atomic E-state index is 0. The molecule has 0 heterocycles. The van der Waals surface area contributed by atoms with Gasteiger partial charge in [-0.1, -0.05) is 11.3 Å². The van der Waals surface area contributed by atoms with Crippen LogP contribution in [0.4, 0.5) is 0 Å². The summed E-state index contributed by atoms with van der Waals surface area (Å²) in [7, 11) is -3.49. The molecule has 2 atom stereocenters. The first kappa shape index (κ1) is 37.5. The van der Waals surface area contributed by atoms with Crippen LogP contribution in [0.3, 0.4) is 0 Å². The smallest absolute Gasteiger partial charge is 0.351 e. The van der Waals surface area contributed by atoms with Gasteiger partial charge in [0.25, 0.3) is 0 Å². The van der Waals surface area contributed by atoms with Gasteiger partial charge in [-0.25, -0.2) is 0 Å². The van der Waals surface area contributed by atoms with Crippen molar-refractivity contribution in [3.05, 3.63) is 37.1 Å². The quantitative estimate of drug-likeness (QED) is 0.211. The second kappa shape index (κ2) is 23.8. The fourth-order valence-electron chi connectivity index (χ4n) is 1.37. The first-order chi connectivity index (χ1) is 7.61. The van der Waals surface area contributed by atoms with E-state index in [4.69, 9.17) is 19.6 Å². The third-order valence-corrected chi connectivity index (χ3v) is 4.06. The molecule has 4 N–H and O–H groups in total. The Bertz CT molecular complexity index is 247. The Balaban J connectivity index is -0.0000000656. The molecule has 0 aromatic carbocycles. The van der Waals surface area contributed by atoms with Crippen LogP contribution < -0.4 is 0 Å². The van der Waals surface area contributed by atoms with Crippen LogP contribution in [0.1, 0.15) is 12.8 Å². The van der Waals surface area contributed by atoms with Crippen molar-refractivity contribution in [2.75, 3.05) is 0 Å². The van der Waals surface area contributed by atoms with E-state index in [9.17, 15) is 0 Å². The molecule has 2 rings (SSSR count). The van der Waals surface area contributed by atoms with Crippen LogP contribution >= 0.6 is 16.8 Å². The maximum Gasteiger partial charge on any atom is 2.00 e. The second-order valence-electron chi connectivity index (χ2n) is 3.42. The molecule has 0 radical (unpaired) electrons. The number of hydrogen-bond acceptors (Lipinski definition) is 4. The summed E-state index contributed by atoms with van der Waals surface area (Å²) in [4.78, 5) is 34.4. The standard InChI is InChI=1S/2C5H8O2P.4Ar.Fe/c2*6-8(7)5-3-1-2-4-5;;;;;/h2*1,3-7H,2H2;;;;;/q2*-1;;;;;+2/t2*5-;;;;;/m10...../s1. The first-order valence-corrected chi connectivity index (χ1v) is 7.58. The summed E-state index contributed by atoms with van der Waals surface area (Å²) in [5.41, 5.74) is -0.130. The Labute approximate surface area is 259 Å². The molecule has 0 aromatic rings. The van der Waals surface area contributed by atoms with Gasteiger partial charge in [-0.05, 0) is 0 Å². The van der Waals surface area contributed by atoms with E-state index in [2.05, 4.69) is 0 Å². The van der Waals surface area contributed by atoms with Gasteiger partial charge in [-0.3, -0.25) is 0 Å². The van der Waals surface area contributed by atoms with Gasteiger partial charge in [-0.2, -0.15) is 12.8 Å². The molecule has 130 valence electrons. The molecule has 4 nitrogen and oxygen atoms in total. The van der Waals surface area contributed by atoms with Gasteiger partial charge in [0, 0.05) is 151 Å². The molecule has 0 aromatic heterocycles. The maximum absolute atomic E-state index is 8.59. The summed E-state index contributed by atoms with van der Waals surface area (Å²) in [5, 5.41) is 0. The molecule has 11 heteroatoms. The zero-order chi connectivity index (χ0) is 12.0. The van der Waals surface area contributed by atoms with Crippen LogP contribution in [0.25, 0.3) is 0 Å². The predicted octanol–water partition coefficient (Wildman–Crippen LogP) is 1.63. The number of allylic oxidation sites excluding steroid dienone is 4. The molecule has 0 amide bonds. The van der Waals surface area contributed by atoms with E-state index in [0.29, 0.717) is 0 Å². The number of hydrogen-bond donors (Lipinski definition) is 4. The molecule has 2 aliphatic rings. The molecule has 0 bridgehead atoms. The van der Waals surface area contributed by atoms with Gasteiger partial charge in [-0.15, -0.1) is 24.3 Å². The molecule has 2 aliphatic carbocycles. The third-order valence-electron chi connectivity index (χ3n) is 2.23. The van der Waals surface area contributed by atoms with Crippen LogP contribution in [-0.4, -0.2) is 30.9 Å². The van der Waals surface area contributed by atoms with Crippen LogP contribution in [0, 0.1) is 164 Å². The second-order valence-corrected chi connectivity index (χ2v) is 5.90. The summed E-state index contributed by atoms with van der Waals surface area (Å²) in [6.07, 6.45) is 13.1. The van der Waals surface area contributed by atoms with E-state index in [1.165, 1.54) is 0 Å². The van der Waals surface area contributed by atoms with Gasteiger partial charge in [0.05, 0.1) is 0 Å².